The van der Waals surface area contributed by atoms with Crippen LogP contribution in [0.1, 0.15) is 61.5 Å². The molecule has 1 saturated heterocycles. The predicted octanol–water partition coefficient (Wildman–Crippen LogP) is 3.08. The number of aromatic hydroxyl groups is 1. The van der Waals surface area contributed by atoms with Gasteiger partial charge in [0, 0.05) is 26.1 Å². The van der Waals surface area contributed by atoms with Crippen LogP contribution in [0.4, 0.5) is 0 Å². The maximum absolute atomic E-state index is 12.8. The molecular weight excluding hydrogens is 292 g/mol. The first kappa shape index (κ1) is 14.9. The van der Waals surface area contributed by atoms with E-state index in [0.29, 0.717) is 32.0 Å². The third kappa shape index (κ3) is 2.69. The zero-order chi connectivity index (χ0) is 16.0. The average molecular weight is 314 g/mol. The van der Waals surface area contributed by atoms with Crippen molar-refractivity contribution in [3.8, 4) is 5.75 Å². The van der Waals surface area contributed by atoms with E-state index in [1.165, 1.54) is 0 Å². The van der Waals surface area contributed by atoms with Crippen LogP contribution in [0.15, 0.2) is 18.2 Å². The summed E-state index contributed by atoms with van der Waals surface area (Å²) in [5.74, 6) is -0.0426. The molecule has 1 aromatic carbocycles. The van der Waals surface area contributed by atoms with E-state index in [1.807, 2.05) is 6.07 Å². The van der Waals surface area contributed by atoms with Crippen LogP contribution in [0.25, 0.3) is 0 Å². The summed E-state index contributed by atoms with van der Waals surface area (Å²) in [6.07, 6.45) is 4.74. The number of Topliss-reactive ketones (excluding diaryl/α,β-unsaturated/α-hetero) is 2. The number of hydrogen-bond donors (Lipinski definition) is 1. The lowest BCUT2D eigenvalue weighted by atomic mass is 9.63. The van der Waals surface area contributed by atoms with Crippen molar-refractivity contribution in [2.45, 2.75) is 50.4 Å². The molecule has 0 radical (unpaired) electrons. The lowest BCUT2D eigenvalue weighted by molar-refractivity contribution is -0.139. The molecule has 1 heterocycles. The Hall–Kier alpha value is -1.68. The molecule has 23 heavy (non-hydrogen) atoms. The van der Waals surface area contributed by atoms with Crippen LogP contribution in [-0.2, 0) is 14.3 Å². The number of carbonyl (C=O) groups is 2. The SMILES string of the molecule is O=C1CC2(CCOCC2)CC(=O)C1c1cc(O)ccc1C1CC1. The fourth-order valence-electron chi connectivity index (χ4n) is 4.27. The van der Waals surface area contributed by atoms with Gasteiger partial charge in [-0.3, -0.25) is 9.59 Å². The summed E-state index contributed by atoms with van der Waals surface area (Å²) < 4.78 is 5.40. The summed E-state index contributed by atoms with van der Waals surface area (Å²) in [5.41, 5.74) is 1.65. The fourth-order valence-corrected chi connectivity index (χ4v) is 4.27. The van der Waals surface area contributed by atoms with E-state index in [0.717, 1.165) is 36.8 Å². The number of ether oxygens (including phenoxy) is 1. The van der Waals surface area contributed by atoms with E-state index in [4.69, 9.17) is 4.74 Å². The summed E-state index contributed by atoms with van der Waals surface area (Å²) in [7, 11) is 0. The van der Waals surface area contributed by atoms with Crippen molar-refractivity contribution in [3.05, 3.63) is 29.3 Å². The number of phenolic OH excluding ortho intramolecular Hbond substituents is 1. The van der Waals surface area contributed by atoms with Crippen molar-refractivity contribution in [2.24, 2.45) is 5.41 Å². The first-order valence-electron chi connectivity index (χ1n) is 8.54. The maximum atomic E-state index is 12.8. The van der Waals surface area contributed by atoms with Crippen molar-refractivity contribution in [3.63, 3.8) is 0 Å². The Kier molecular flexibility index (Phi) is 3.52. The number of hydrogen-bond acceptors (Lipinski definition) is 4. The Morgan fingerprint density at radius 3 is 2.26 bits per heavy atom. The minimum atomic E-state index is -0.675. The zero-order valence-electron chi connectivity index (χ0n) is 13.2. The Morgan fingerprint density at radius 1 is 1.00 bits per heavy atom. The standard InChI is InChI=1S/C19H22O4/c20-13-3-4-14(12-1-2-12)15(9-13)18-16(21)10-19(11-17(18)22)5-7-23-8-6-19/h3-4,9,12,18,20H,1-2,5-8,10-11H2. The number of benzene rings is 1. The van der Waals surface area contributed by atoms with Crippen LogP contribution in [0.5, 0.6) is 5.75 Å². The quantitative estimate of drug-likeness (QED) is 0.852. The van der Waals surface area contributed by atoms with Gasteiger partial charge in [0.15, 0.2) is 0 Å². The van der Waals surface area contributed by atoms with E-state index < -0.39 is 5.92 Å². The molecule has 3 fully saturated rings. The molecule has 4 heteroatoms. The van der Waals surface area contributed by atoms with Gasteiger partial charge in [-0.25, -0.2) is 0 Å². The second-order valence-corrected chi connectivity index (χ2v) is 7.42. The van der Waals surface area contributed by atoms with Gasteiger partial charge in [0.25, 0.3) is 0 Å². The van der Waals surface area contributed by atoms with E-state index in [2.05, 4.69) is 0 Å². The minimum absolute atomic E-state index is 0.0238. The molecule has 0 amide bonds. The normalized spacial score (nSPS) is 25.0. The van der Waals surface area contributed by atoms with Crippen molar-refractivity contribution in [1.29, 1.82) is 0 Å². The highest BCUT2D eigenvalue weighted by atomic mass is 16.5. The van der Waals surface area contributed by atoms with Gasteiger partial charge in [0.2, 0.25) is 0 Å². The van der Waals surface area contributed by atoms with Crippen LogP contribution in [0.2, 0.25) is 0 Å². The van der Waals surface area contributed by atoms with Crippen molar-refractivity contribution < 1.29 is 19.4 Å². The second kappa shape index (κ2) is 5.45. The minimum Gasteiger partial charge on any atom is -0.508 e. The highest BCUT2D eigenvalue weighted by molar-refractivity contribution is 6.10. The van der Waals surface area contributed by atoms with Gasteiger partial charge in [-0.15, -0.1) is 0 Å². The fraction of sp³-hybridized carbons (Fsp3) is 0.579. The molecule has 0 unspecified atom stereocenters. The molecule has 1 N–H and O–H groups in total. The molecule has 2 aliphatic carbocycles. The highest BCUT2D eigenvalue weighted by Gasteiger charge is 2.47. The molecule has 4 nitrogen and oxygen atoms in total. The average Bonchev–Trinajstić information content (AvgIpc) is 3.32. The van der Waals surface area contributed by atoms with Gasteiger partial charge >= 0.3 is 0 Å². The highest BCUT2D eigenvalue weighted by Crippen LogP contribution is 2.49. The lowest BCUT2D eigenvalue weighted by Gasteiger charge is -2.41. The summed E-state index contributed by atoms with van der Waals surface area (Å²) in [5, 5.41) is 9.85. The Balaban J connectivity index is 1.66. The van der Waals surface area contributed by atoms with Gasteiger partial charge in [0.05, 0.1) is 0 Å². The van der Waals surface area contributed by atoms with Gasteiger partial charge in [0.1, 0.15) is 23.2 Å². The van der Waals surface area contributed by atoms with Gasteiger partial charge in [-0.05, 0) is 60.3 Å². The van der Waals surface area contributed by atoms with Gasteiger partial charge in [-0.2, -0.15) is 0 Å². The number of carbonyl (C=O) groups excluding carboxylic acids is 2. The molecule has 122 valence electrons. The Morgan fingerprint density at radius 2 is 1.65 bits per heavy atom. The Labute approximate surface area is 135 Å². The molecule has 0 bridgehead atoms. The number of phenols is 1. The van der Waals surface area contributed by atoms with Crippen LogP contribution < -0.4 is 0 Å². The van der Waals surface area contributed by atoms with Crippen molar-refractivity contribution in [2.75, 3.05) is 13.2 Å². The monoisotopic (exact) mass is 314 g/mol. The Bertz CT molecular complexity index is 633. The largest absolute Gasteiger partial charge is 0.508 e. The molecule has 2 saturated carbocycles. The lowest BCUT2D eigenvalue weighted by Crippen LogP contribution is -2.42. The maximum Gasteiger partial charge on any atom is 0.148 e. The summed E-state index contributed by atoms with van der Waals surface area (Å²) in [4.78, 5) is 25.7. The third-order valence-electron chi connectivity index (χ3n) is 5.69. The van der Waals surface area contributed by atoms with E-state index in [-0.39, 0.29) is 22.7 Å². The first-order valence-corrected chi connectivity index (χ1v) is 8.54. The van der Waals surface area contributed by atoms with Crippen molar-refractivity contribution >= 4 is 11.6 Å². The van der Waals surface area contributed by atoms with Crippen LogP contribution in [0, 0.1) is 5.41 Å². The molecule has 1 aliphatic heterocycles. The molecule has 3 aliphatic rings. The first-order chi connectivity index (χ1) is 11.1. The van der Waals surface area contributed by atoms with Gasteiger partial charge < -0.3 is 9.84 Å². The van der Waals surface area contributed by atoms with Crippen molar-refractivity contribution in [1.82, 2.24) is 0 Å². The molecule has 0 aromatic heterocycles. The molecule has 0 atom stereocenters. The summed E-state index contributed by atoms with van der Waals surface area (Å²) in [6, 6.07) is 5.19. The molecule has 1 spiro atoms. The molecular formula is C19H22O4. The van der Waals surface area contributed by atoms with E-state index in [9.17, 15) is 14.7 Å². The van der Waals surface area contributed by atoms with Crippen LogP contribution >= 0.6 is 0 Å². The predicted molar refractivity (Wildman–Crippen MR) is 84.6 cm³/mol. The third-order valence-corrected chi connectivity index (χ3v) is 5.69. The second-order valence-electron chi connectivity index (χ2n) is 7.42. The van der Waals surface area contributed by atoms with E-state index in [1.54, 1.807) is 12.1 Å². The number of ketones is 2. The topological polar surface area (TPSA) is 63.6 Å². The summed E-state index contributed by atoms with van der Waals surface area (Å²) >= 11 is 0. The zero-order valence-corrected chi connectivity index (χ0v) is 13.2. The molecule has 1 aromatic rings. The van der Waals surface area contributed by atoms with Gasteiger partial charge in [-0.1, -0.05) is 6.07 Å². The van der Waals surface area contributed by atoms with Crippen LogP contribution in [-0.4, -0.2) is 29.9 Å². The van der Waals surface area contributed by atoms with Crippen LogP contribution in [0.3, 0.4) is 0 Å². The smallest absolute Gasteiger partial charge is 0.148 e. The summed E-state index contributed by atoms with van der Waals surface area (Å²) in [6.45, 7) is 1.29. The molecule has 4 rings (SSSR count). The number of rotatable bonds is 2. The van der Waals surface area contributed by atoms with E-state index >= 15 is 0 Å².